The lowest BCUT2D eigenvalue weighted by Crippen LogP contribution is -2.01. The predicted molar refractivity (Wildman–Crippen MR) is 68.8 cm³/mol. The predicted octanol–water partition coefficient (Wildman–Crippen LogP) is 3.10. The van der Waals surface area contributed by atoms with Gasteiger partial charge in [0.2, 0.25) is 0 Å². The molecule has 1 N–H and O–H groups in total. The Kier molecular flexibility index (Phi) is 4.36. The molecule has 1 rings (SSSR count). The molecular weight excluding hydrogens is 234 g/mol. The highest BCUT2D eigenvalue weighted by Gasteiger charge is 2.14. The first-order valence-corrected chi connectivity index (χ1v) is 6.23. The van der Waals surface area contributed by atoms with E-state index < -0.39 is 5.97 Å². The number of nitrogens with zero attached hydrogens (tertiary/aromatic N) is 1. The summed E-state index contributed by atoms with van der Waals surface area (Å²) in [5, 5.41) is 17.8. The zero-order valence-corrected chi connectivity index (χ0v) is 10.8. The summed E-state index contributed by atoms with van der Waals surface area (Å²) in [6.07, 6.45) is 1.92. The van der Waals surface area contributed by atoms with Gasteiger partial charge in [-0.25, -0.2) is 4.79 Å². The van der Waals surface area contributed by atoms with Crippen LogP contribution in [0, 0.1) is 18.3 Å². The second-order valence-electron chi connectivity index (χ2n) is 3.62. The zero-order valence-electron chi connectivity index (χ0n) is 9.94. The van der Waals surface area contributed by atoms with Crippen LogP contribution in [0.5, 0.6) is 0 Å². The Morgan fingerprint density at radius 2 is 2.12 bits per heavy atom. The van der Waals surface area contributed by atoms with Crippen LogP contribution in [-0.2, 0) is 4.79 Å². The van der Waals surface area contributed by atoms with Gasteiger partial charge in [-0.05, 0) is 37.3 Å². The minimum Gasteiger partial charge on any atom is -0.477 e. The third kappa shape index (κ3) is 2.89. The molecule has 0 aliphatic rings. The Hall–Kier alpha value is -1.73. The summed E-state index contributed by atoms with van der Waals surface area (Å²) < 4.78 is 0. The average Bonchev–Trinajstić information content (AvgIpc) is 2.29. The summed E-state index contributed by atoms with van der Waals surface area (Å²) in [7, 11) is 0. The van der Waals surface area contributed by atoms with Crippen LogP contribution in [0.3, 0.4) is 0 Å². The van der Waals surface area contributed by atoms with Crippen molar-refractivity contribution in [1.82, 2.24) is 0 Å². The summed E-state index contributed by atoms with van der Waals surface area (Å²) in [5.74, 6) is -1.18. The molecule has 0 saturated heterocycles. The monoisotopic (exact) mass is 247 g/mol. The van der Waals surface area contributed by atoms with Gasteiger partial charge in [-0.3, -0.25) is 0 Å². The number of nitriles is 1. The number of hydrogen-bond donors (Lipinski definition) is 1. The van der Waals surface area contributed by atoms with E-state index in [1.165, 1.54) is 11.8 Å². The number of benzene rings is 1. The van der Waals surface area contributed by atoms with Crippen molar-refractivity contribution in [1.29, 1.82) is 5.26 Å². The second kappa shape index (κ2) is 5.55. The van der Waals surface area contributed by atoms with E-state index in [9.17, 15) is 4.79 Å². The molecule has 0 unspecified atom stereocenters. The third-order valence-corrected chi connectivity index (χ3v) is 3.26. The van der Waals surface area contributed by atoms with Crippen molar-refractivity contribution in [2.45, 2.75) is 18.7 Å². The van der Waals surface area contributed by atoms with Crippen molar-refractivity contribution in [2.24, 2.45) is 0 Å². The molecular formula is C13H13NO2S. The van der Waals surface area contributed by atoms with E-state index in [0.717, 1.165) is 16.0 Å². The first-order valence-electron chi connectivity index (χ1n) is 5.00. The van der Waals surface area contributed by atoms with Crippen LogP contribution in [0.15, 0.2) is 28.7 Å². The van der Waals surface area contributed by atoms with Crippen LogP contribution >= 0.6 is 11.8 Å². The molecule has 0 radical (unpaired) electrons. The quantitative estimate of drug-likeness (QED) is 0.506. The largest absolute Gasteiger partial charge is 0.477 e. The highest BCUT2D eigenvalue weighted by atomic mass is 32.2. The van der Waals surface area contributed by atoms with Gasteiger partial charge in [-0.1, -0.05) is 17.7 Å². The number of thioether (sulfide) groups is 1. The van der Waals surface area contributed by atoms with Crippen LogP contribution in [0.1, 0.15) is 18.1 Å². The molecule has 0 heterocycles. The molecule has 0 atom stereocenters. The first-order chi connectivity index (χ1) is 8.01. The van der Waals surface area contributed by atoms with Gasteiger partial charge in [-0.2, -0.15) is 5.26 Å². The van der Waals surface area contributed by atoms with Gasteiger partial charge in [0, 0.05) is 4.90 Å². The molecule has 0 aromatic heterocycles. The van der Waals surface area contributed by atoms with E-state index in [4.69, 9.17) is 10.4 Å². The van der Waals surface area contributed by atoms with E-state index in [1.54, 1.807) is 13.0 Å². The maximum Gasteiger partial charge on any atom is 0.346 e. The molecule has 88 valence electrons. The molecule has 0 saturated carbocycles. The van der Waals surface area contributed by atoms with Gasteiger partial charge < -0.3 is 5.11 Å². The minimum atomic E-state index is -1.18. The Bertz CT molecular complexity index is 527. The number of aliphatic carboxylic acids is 1. The van der Waals surface area contributed by atoms with Crippen LogP contribution in [0.4, 0.5) is 0 Å². The minimum absolute atomic E-state index is 0.203. The number of allylic oxidation sites excluding steroid dienone is 1. The molecule has 4 heteroatoms. The van der Waals surface area contributed by atoms with Gasteiger partial charge >= 0.3 is 5.97 Å². The maximum atomic E-state index is 10.9. The molecule has 0 aliphatic carbocycles. The molecule has 3 nitrogen and oxygen atoms in total. The fourth-order valence-electron chi connectivity index (χ4n) is 1.54. The fourth-order valence-corrected chi connectivity index (χ4v) is 2.18. The van der Waals surface area contributed by atoms with Crippen LogP contribution in [0.25, 0.3) is 5.57 Å². The third-order valence-electron chi connectivity index (χ3n) is 2.46. The number of rotatable bonds is 3. The fraction of sp³-hybridized carbons (Fsp3) is 0.231. The SMILES string of the molecule is CSc1ccc(C)cc1/C(C)=C(\C#N)C(=O)O. The van der Waals surface area contributed by atoms with Crippen molar-refractivity contribution < 1.29 is 9.90 Å². The molecule has 0 amide bonds. The Morgan fingerprint density at radius 1 is 1.47 bits per heavy atom. The normalized spacial score (nSPS) is 11.6. The lowest BCUT2D eigenvalue weighted by molar-refractivity contribution is -0.132. The topological polar surface area (TPSA) is 61.1 Å². The molecule has 1 aromatic carbocycles. The summed E-state index contributed by atoms with van der Waals surface area (Å²) in [6, 6.07) is 7.55. The van der Waals surface area contributed by atoms with Crippen molar-refractivity contribution in [3.63, 3.8) is 0 Å². The zero-order chi connectivity index (χ0) is 13.0. The highest BCUT2D eigenvalue weighted by molar-refractivity contribution is 7.98. The lowest BCUT2D eigenvalue weighted by Gasteiger charge is -2.09. The average molecular weight is 247 g/mol. The summed E-state index contributed by atoms with van der Waals surface area (Å²) in [4.78, 5) is 11.9. The van der Waals surface area contributed by atoms with E-state index in [1.807, 2.05) is 31.4 Å². The van der Waals surface area contributed by atoms with Gasteiger partial charge in [0.1, 0.15) is 11.6 Å². The number of carbonyl (C=O) groups is 1. The van der Waals surface area contributed by atoms with Gasteiger partial charge in [0.15, 0.2) is 0 Å². The van der Waals surface area contributed by atoms with E-state index >= 15 is 0 Å². The second-order valence-corrected chi connectivity index (χ2v) is 4.47. The Morgan fingerprint density at radius 3 is 2.59 bits per heavy atom. The van der Waals surface area contributed by atoms with E-state index in [2.05, 4.69) is 0 Å². The summed E-state index contributed by atoms with van der Waals surface area (Å²) >= 11 is 1.54. The molecule has 0 spiro atoms. The Balaban J connectivity index is 3.48. The number of carboxylic acids is 1. The van der Waals surface area contributed by atoms with Gasteiger partial charge in [-0.15, -0.1) is 11.8 Å². The maximum absolute atomic E-state index is 10.9. The van der Waals surface area contributed by atoms with E-state index in [0.29, 0.717) is 5.57 Å². The van der Waals surface area contributed by atoms with Gasteiger partial charge in [0.05, 0.1) is 0 Å². The van der Waals surface area contributed by atoms with Crippen molar-refractivity contribution >= 4 is 23.3 Å². The first kappa shape index (κ1) is 13.3. The van der Waals surface area contributed by atoms with Crippen LogP contribution < -0.4 is 0 Å². The lowest BCUT2D eigenvalue weighted by atomic mass is 10.0. The molecule has 0 bridgehead atoms. The molecule has 0 aliphatic heterocycles. The summed E-state index contributed by atoms with van der Waals surface area (Å²) in [5.41, 5.74) is 2.16. The van der Waals surface area contributed by atoms with Crippen LogP contribution in [0.2, 0.25) is 0 Å². The van der Waals surface area contributed by atoms with Crippen LogP contribution in [-0.4, -0.2) is 17.3 Å². The summed E-state index contributed by atoms with van der Waals surface area (Å²) in [6.45, 7) is 3.61. The van der Waals surface area contributed by atoms with E-state index in [-0.39, 0.29) is 5.57 Å². The smallest absolute Gasteiger partial charge is 0.346 e. The van der Waals surface area contributed by atoms with Crippen molar-refractivity contribution in [3.8, 4) is 6.07 Å². The standard InChI is InChI=1S/C13H13NO2S/c1-8-4-5-12(17-3)10(6-8)9(2)11(7-14)13(15)16/h4-6H,1-3H3,(H,15,16)/b11-9+. The number of carboxylic acid groups (broad SMARTS) is 1. The Labute approximate surface area is 105 Å². The highest BCUT2D eigenvalue weighted by Crippen LogP contribution is 2.29. The molecule has 1 aromatic rings. The van der Waals surface area contributed by atoms with Crippen molar-refractivity contribution in [3.05, 3.63) is 34.9 Å². The number of aryl methyl sites for hydroxylation is 1. The van der Waals surface area contributed by atoms with Crippen molar-refractivity contribution in [2.75, 3.05) is 6.26 Å². The number of hydrogen-bond acceptors (Lipinski definition) is 3. The molecule has 0 fully saturated rings. The molecule has 17 heavy (non-hydrogen) atoms. The van der Waals surface area contributed by atoms with Gasteiger partial charge in [0.25, 0.3) is 0 Å².